The highest BCUT2D eigenvalue weighted by Crippen LogP contribution is 2.26. The van der Waals surface area contributed by atoms with Gasteiger partial charge in [-0.3, -0.25) is 0 Å². The molecule has 98 valence electrons. The van der Waals surface area contributed by atoms with Crippen molar-refractivity contribution in [1.29, 1.82) is 0 Å². The van der Waals surface area contributed by atoms with Gasteiger partial charge in [0.25, 0.3) is 0 Å². The number of benzene rings is 1. The topological polar surface area (TPSA) is 38.8 Å². The fourth-order valence-electron chi connectivity index (χ4n) is 1.74. The number of hydrogen-bond acceptors (Lipinski definition) is 3. The maximum Gasteiger partial charge on any atom is 0.338 e. The van der Waals surface area contributed by atoms with Crippen molar-refractivity contribution in [2.45, 2.75) is 38.7 Å². The molecule has 0 spiro atoms. The maximum atomic E-state index is 11.9. The Morgan fingerprint density at radius 2 is 2.28 bits per heavy atom. The van der Waals surface area contributed by atoms with Crippen molar-refractivity contribution in [3.63, 3.8) is 0 Å². The van der Waals surface area contributed by atoms with Crippen LogP contribution in [0, 0.1) is 0 Å². The van der Waals surface area contributed by atoms with E-state index in [-0.39, 0.29) is 11.6 Å². The van der Waals surface area contributed by atoms with Crippen molar-refractivity contribution in [1.82, 2.24) is 0 Å². The van der Waals surface area contributed by atoms with E-state index in [0.717, 1.165) is 19.3 Å². The number of aryl methyl sites for hydroxylation is 1. The van der Waals surface area contributed by atoms with Crippen molar-refractivity contribution in [3.8, 4) is 0 Å². The molecule has 0 N–H and O–H groups in total. The van der Waals surface area contributed by atoms with E-state index in [1.807, 2.05) is 19.1 Å². The fourth-order valence-corrected chi connectivity index (χ4v) is 1.74. The van der Waals surface area contributed by atoms with Crippen LogP contribution in [0.3, 0.4) is 0 Å². The molecule has 1 atom stereocenters. The molecule has 3 heteroatoms. The lowest BCUT2D eigenvalue weighted by molar-refractivity contribution is 0.0411. The normalized spacial score (nSPS) is 21.7. The van der Waals surface area contributed by atoms with Crippen LogP contribution in [0.15, 0.2) is 24.3 Å². The number of unbranched alkanes of at least 4 members (excludes halogenated alkanes) is 1. The Morgan fingerprint density at radius 3 is 2.94 bits per heavy atom. The zero-order chi connectivity index (χ0) is 13.0. The Labute approximate surface area is 108 Å². The summed E-state index contributed by atoms with van der Waals surface area (Å²) in [6.45, 7) is 5.12. The Bertz CT molecular complexity index is 422. The van der Waals surface area contributed by atoms with E-state index >= 15 is 0 Å². The Hall–Kier alpha value is -1.35. The van der Waals surface area contributed by atoms with Gasteiger partial charge in [0, 0.05) is 0 Å². The van der Waals surface area contributed by atoms with Crippen LogP contribution in [-0.2, 0) is 15.9 Å². The second-order valence-electron chi connectivity index (χ2n) is 5.12. The lowest BCUT2D eigenvalue weighted by atomic mass is 10.1. The molecule has 0 saturated carbocycles. The second kappa shape index (κ2) is 5.53. The molecule has 0 radical (unpaired) electrons. The number of rotatable bonds is 6. The van der Waals surface area contributed by atoms with Gasteiger partial charge in [0.05, 0.1) is 12.2 Å². The Kier molecular flexibility index (Phi) is 4.02. The molecule has 0 amide bonds. The average Bonchev–Trinajstić information content (AvgIpc) is 3.12. The summed E-state index contributed by atoms with van der Waals surface area (Å²) in [7, 11) is 0. The standard InChI is InChI=1S/C15H20O3/c1-3-4-6-12-7-5-8-13(9-12)14(16)17-10-15(2)11-18-15/h5,7-9H,3-4,6,10-11H2,1-2H3. The molecule has 0 bridgehead atoms. The van der Waals surface area contributed by atoms with Crippen molar-refractivity contribution >= 4 is 5.97 Å². The van der Waals surface area contributed by atoms with Gasteiger partial charge in [-0.15, -0.1) is 0 Å². The van der Waals surface area contributed by atoms with E-state index in [1.54, 1.807) is 6.07 Å². The first kappa shape index (κ1) is 13.1. The van der Waals surface area contributed by atoms with Gasteiger partial charge in [0.1, 0.15) is 12.2 Å². The van der Waals surface area contributed by atoms with E-state index in [9.17, 15) is 4.79 Å². The minimum absolute atomic E-state index is 0.241. The van der Waals surface area contributed by atoms with Gasteiger partial charge in [-0.05, 0) is 37.5 Å². The number of hydrogen-bond donors (Lipinski definition) is 0. The van der Waals surface area contributed by atoms with Crippen molar-refractivity contribution in [2.24, 2.45) is 0 Å². The highest BCUT2D eigenvalue weighted by atomic mass is 16.6. The molecule has 1 heterocycles. The highest BCUT2D eigenvalue weighted by molar-refractivity contribution is 5.89. The van der Waals surface area contributed by atoms with E-state index in [0.29, 0.717) is 18.8 Å². The molecule has 1 fully saturated rings. The summed E-state index contributed by atoms with van der Waals surface area (Å²) < 4.78 is 10.4. The Balaban J connectivity index is 1.92. The summed E-state index contributed by atoms with van der Waals surface area (Å²) in [6.07, 6.45) is 3.31. The number of carbonyl (C=O) groups is 1. The van der Waals surface area contributed by atoms with Crippen LogP contribution in [0.25, 0.3) is 0 Å². The van der Waals surface area contributed by atoms with Crippen molar-refractivity contribution < 1.29 is 14.3 Å². The van der Waals surface area contributed by atoms with Crippen LogP contribution >= 0.6 is 0 Å². The summed E-state index contributed by atoms with van der Waals surface area (Å²) in [5, 5.41) is 0. The quantitative estimate of drug-likeness (QED) is 0.574. The van der Waals surface area contributed by atoms with Gasteiger partial charge in [0.2, 0.25) is 0 Å². The lowest BCUT2D eigenvalue weighted by Crippen LogP contribution is -2.18. The van der Waals surface area contributed by atoms with Gasteiger partial charge in [-0.25, -0.2) is 4.79 Å². The average molecular weight is 248 g/mol. The molecule has 0 aliphatic carbocycles. The van der Waals surface area contributed by atoms with Gasteiger partial charge >= 0.3 is 5.97 Å². The van der Waals surface area contributed by atoms with Crippen molar-refractivity contribution in [3.05, 3.63) is 35.4 Å². The largest absolute Gasteiger partial charge is 0.459 e. The maximum absolute atomic E-state index is 11.9. The first-order valence-electron chi connectivity index (χ1n) is 6.53. The molecule has 1 aromatic rings. The van der Waals surface area contributed by atoms with Crippen LogP contribution in [0.5, 0.6) is 0 Å². The molecule has 18 heavy (non-hydrogen) atoms. The SMILES string of the molecule is CCCCc1cccc(C(=O)OCC2(C)CO2)c1. The predicted octanol–water partition coefficient (Wildman–Crippen LogP) is 2.97. The molecular weight excluding hydrogens is 228 g/mol. The van der Waals surface area contributed by atoms with Crippen LogP contribution in [-0.4, -0.2) is 24.8 Å². The van der Waals surface area contributed by atoms with Crippen LogP contribution in [0.4, 0.5) is 0 Å². The summed E-state index contributed by atoms with van der Waals surface area (Å²) in [5.41, 5.74) is 1.59. The third-order valence-electron chi connectivity index (χ3n) is 3.13. The zero-order valence-corrected chi connectivity index (χ0v) is 11.1. The van der Waals surface area contributed by atoms with E-state index in [4.69, 9.17) is 9.47 Å². The van der Waals surface area contributed by atoms with E-state index in [2.05, 4.69) is 13.0 Å². The molecule has 1 unspecified atom stereocenters. The monoisotopic (exact) mass is 248 g/mol. The third-order valence-corrected chi connectivity index (χ3v) is 3.13. The third kappa shape index (κ3) is 3.57. The van der Waals surface area contributed by atoms with Crippen LogP contribution in [0.2, 0.25) is 0 Å². The summed E-state index contributed by atoms with van der Waals surface area (Å²) in [4.78, 5) is 11.9. The van der Waals surface area contributed by atoms with E-state index in [1.165, 1.54) is 5.56 Å². The first-order valence-corrected chi connectivity index (χ1v) is 6.53. The molecule has 1 aromatic carbocycles. The predicted molar refractivity (Wildman–Crippen MR) is 69.7 cm³/mol. The molecule has 1 aliphatic heterocycles. The Morgan fingerprint density at radius 1 is 1.50 bits per heavy atom. The zero-order valence-electron chi connectivity index (χ0n) is 11.1. The van der Waals surface area contributed by atoms with Gasteiger partial charge in [-0.1, -0.05) is 25.5 Å². The molecular formula is C15H20O3. The summed E-state index contributed by atoms with van der Waals surface area (Å²) in [6, 6.07) is 7.69. The smallest absolute Gasteiger partial charge is 0.338 e. The molecule has 0 aromatic heterocycles. The minimum Gasteiger partial charge on any atom is -0.459 e. The first-order chi connectivity index (χ1) is 8.63. The molecule has 1 saturated heterocycles. The van der Waals surface area contributed by atoms with Crippen LogP contribution < -0.4 is 0 Å². The second-order valence-corrected chi connectivity index (χ2v) is 5.12. The van der Waals surface area contributed by atoms with Gasteiger partial charge in [-0.2, -0.15) is 0 Å². The lowest BCUT2D eigenvalue weighted by Gasteiger charge is -2.08. The van der Waals surface area contributed by atoms with Gasteiger partial charge < -0.3 is 9.47 Å². The molecule has 1 aliphatic rings. The van der Waals surface area contributed by atoms with Gasteiger partial charge in [0.15, 0.2) is 0 Å². The van der Waals surface area contributed by atoms with Crippen molar-refractivity contribution in [2.75, 3.05) is 13.2 Å². The molecule has 2 rings (SSSR count). The highest BCUT2D eigenvalue weighted by Gasteiger charge is 2.40. The summed E-state index contributed by atoms with van der Waals surface area (Å²) in [5.74, 6) is -0.259. The minimum atomic E-state index is -0.259. The summed E-state index contributed by atoms with van der Waals surface area (Å²) >= 11 is 0. The van der Waals surface area contributed by atoms with E-state index < -0.39 is 0 Å². The van der Waals surface area contributed by atoms with Crippen LogP contribution in [0.1, 0.15) is 42.6 Å². The number of ether oxygens (including phenoxy) is 2. The number of epoxide rings is 1. The number of esters is 1. The number of carbonyl (C=O) groups excluding carboxylic acids is 1. The molecule has 3 nitrogen and oxygen atoms in total. The fraction of sp³-hybridized carbons (Fsp3) is 0.533.